The minimum atomic E-state index is -0.790. The van der Waals surface area contributed by atoms with Crippen molar-refractivity contribution >= 4 is 40.0 Å². The number of nitrogens with zero attached hydrogens (tertiary/aromatic N) is 4. The number of rotatable bonds is 3. The van der Waals surface area contributed by atoms with E-state index in [1.165, 1.54) is 16.7 Å². The van der Waals surface area contributed by atoms with Gasteiger partial charge in [0, 0.05) is 16.8 Å². The molecule has 3 N–H and O–H groups in total. The van der Waals surface area contributed by atoms with E-state index in [-0.39, 0.29) is 17.6 Å². The van der Waals surface area contributed by atoms with Crippen LogP contribution in [0.25, 0.3) is 17.0 Å². The summed E-state index contributed by atoms with van der Waals surface area (Å²) >= 11 is 5.86. The molecule has 4 aromatic rings. The van der Waals surface area contributed by atoms with Gasteiger partial charge >= 0.3 is 0 Å². The molecule has 0 atom stereocenters. The summed E-state index contributed by atoms with van der Waals surface area (Å²) in [4.78, 5) is 12.6. The lowest BCUT2D eigenvalue weighted by Gasteiger charge is -2.12. The van der Waals surface area contributed by atoms with E-state index in [2.05, 4.69) is 20.3 Å². The zero-order valence-corrected chi connectivity index (χ0v) is 14.8. The number of imidazole rings is 1. The number of aryl methyl sites for hydroxylation is 1. The molecular weight excluding hydrogens is 374 g/mol. The Morgan fingerprint density at radius 3 is 2.52 bits per heavy atom. The molecule has 0 aliphatic carbocycles. The Morgan fingerprint density at radius 2 is 1.78 bits per heavy atom. The standard InChI is InChI=1S/C18H13ClF2N6/c1-9-23-13-7-4-11(20)8-14(13)27(9)18-25-16(22)15(21)17(26-18)24-12-5-2-10(19)3-6-12/h2-8H,1H3,(H3,22,24,25,26). The lowest BCUT2D eigenvalue weighted by molar-refractivity contribution is 0.622. The van der Waals surface area contributed by atoms with E-state index in [4.69, 9.17) is 17.3 Å². The number of hydrogen-bond acceptors (Lipinski definition) is 5. The fourth-order valence-corrected chi connectivity index (χ4v) is 2.85. The molecule has 0 saturated heterocycles. The molecule has 0 spiro atoms. The van der Waals surface area contributed by atoms with Crippen LogP contribution in [0.5, 0.6) is 0 Å². The number of nitrogen functional groups attached to an aromatic ring is 1. The second-order valence-electron chi connectivity index (χ2n) is 5.83. The Kier molecular flexibility index (Phi) is 4.12. The third-order valence-electron chi connectivity index (χ3n) is 3.96. The smallest absolute Gasteiger partial charge is 0.239 e. The van der Waals surface area contributed by atoms with Crippen LogP contribution in [0.2, 0.25) is 5.02 Å². The second-order valence-corrected chi connectivity index (χ2v) is 6.27. The van der Waals surface area contributed by atoms with Crippen LogP contribution in [0.4, 0.5) is 26.1 Å². The molecule has 2 aromatic carbocycles. The Labute approximate surface area is 157 Å². The van der Waals surface area contributed by atoms with E-state index in [0.29, 0.717) is 27.6 Å². The van der Waals surface area contributed by atoms with Crippen LogP contribution in [0.3, 0.4) is 0 Å². The fraction of sp³-hybridized carbons (Fsp3) is 0.0556. The third kappa shape index (κ3) is 3.15. The van der Waals surface area contributed by atoms with Gasteiger partial charge < -0.3 is 11.1 Å². The zero-order valence-electron chi connectivity index (χ0n) is 14.0. The van der Waals surface area contributed by atoms with Gasteiger partial charge in [0.25, 0.3) is 0 Å². The van der Waals surface area contributed by atoms with Crippen LogP contribution < -0.4 is 11.1 Å². The highest BCUT2D eigenvalue weighted by atomic mass is 35.5. The average Bonchev–Trinajstić information content (AvgIpc) is 2.95. The number of halogens is 3. The Hall–Kier alpha value is -3.26. The Balaban J connectivity index is 1.85. The molecule has 27 heavy (non-hydrogen) atoms. The number of benzene rings is 2. The maximum absolute atomic E-state index is 14.4. The number of nitrogens with two attached hydrogens (primary N) is 1. The van der Waals surface area contributed by atoms with Gasteiger partial charge in [0.15, 0.2) is 11.6 Å². The molecule has 2 aromatic heterocycles. The molecule has 0 saturated carbocycles. The first-order chi connectivity index (χ1) is 12.9. The number of aromatic nitrogens is 4. The number of anilines is 3. The van der Waals surface area contributed by atoms with Crippen LogP contribution >= 0.6 is 11.6 Å². The van der Waals surface area contributed by atoms with Gasteiger partial charge in [0.2, 0.25) is 11.8 Å². The van der Waals surface area contributed by atoms with Gasteiger partial charge in [-0.05, 0) is 43.3 Å². The van der Waals surface area contributed by atoms with Crippen LogP contribution in [0.1, 0.15) is 5.82 Å². The number of fused-ring (bicyclic) bond motifs is 1. The highest BCUT2D eigenvalue weighted by Gasteiger charge is 2.18. The normalized spacial score (nSPS) is 11.1. The van der Waals surface area contributed by atoms with Gasteiger partial charge in [-0.25, -0.2) is 9.37 Å². The first-order valence-corrected chi connectivity index (χ1v) is 8.31. The molecule has 136 valence electrons. The second kappa shape index (κ2) is 6.48. The Bertz CT molecular complexity index is 1160. The first-order valence-electron chi connectivity index (χ1n) is 7.93. The summed E-state index contributed by atoms with van der Waals surface area (Å²) in [5.41, 5.74) is 7.32. The molecular formula is C18H13ClF2N6. The molecule has 0 aliphatic rings. The van der Waals surface area contributed by atoms with Gasteiger partial charge in [-0.1, -0.05) is 11.6 Å². The highest BCUT2D eigenvalue weighted by molar-refractivity contribution is 6.30. The Morgan fingerprint density at radius 1 is 1.04 bits per heavy atom. The SMILES string of the molecule is Cc1nc2ccc(F)cc2n1-c1nc(N)c(F)c(Nc2ccc(Cl)cc2)n1. The summed E-state index contributed by atoms with van der Waals surface area (Å²) in [5.74, 6) is -1.08. The number of hydrogen-bond donors (Lipinski definition) is 2. The summed E-state index contributed by atoms with van der Waals surface area (Å²) in [6.07, 6.45) is 0. The lowest BCUT2D eigenvalue weighted by atomic mass is 10.3. The van der Waals surface area contributed by atoms with Crippen molar-refractivity contribution in [3.05, 3.63) is 64.9 Å². The van der Waals surface area contributed by atoms with Crippen LogP contribution in [0, 0.1) is 18.6 Å². The summed E-state index contributed by atoms with van der Waals surface area (Å²) in [7, 11) is 0. The van der Waals surface area contributed by atoms with Crippen LogP contribution in [-0.2, 0) is 0 Å². The van der Waals surface area contributed by atoms with E-state index in [1.807, 2.05) is 0 Å². The monoisotopic (exact) mass is 386 g/mol. The van der Waals surface area contributed by atoms with Gasteiger partial charge in [-0.15, -0.1) is 0 Å². The van der Waals surface area contributed by atoms with Gasteiger partial charge in [-0.2, -0.15) is 14.4 Å². The summed E-state index contributed by atoms with van der Waals surface area (Å²) in [6.45, 7) is 1.72. The zero-order chi connectivity index (χ0) is 19.1. The van der Waals surface area contributed by atoms with Crippen molar-refractivity contribution in [3.8, 4) is 5.95 Å². The molecule has 0 unspecified atom stereocenters. The maximum Gasteiger partial charge on any atom is 0.239 e. The van der Waals surface area contributed by atoms with Crippen molar-refractivity contribution in [1.29, 1.82) is 0 Å². The van der Waals surface area contributed by atoms with E-state index >= 15 is 0 Å². The van der Waals surface area contributed by atoms with Crippen molar-refractivity contribution in [3.63, 3.8) is 0 Å². The largest absolute Gasteiger partial charge is 0.381 e. The predicted molar refractivity (Wildman–Crippen MR) is 100 cm³/mol. The molecule has 9 heteroatoms. The predicted octanol–water partition coefficient (Wildman–Crippen LogP) is 4.38. The van der Waals surface area contributed by atoms with Crippen molar-refractivity contribution in [2.75, 3.05) is 11.1 Å². The van der Waals surface area contributed by atoms with E-state index < -0.39 is 11.6 Å². The molecule has 0 aliphatic heterocycles. The van der Waals surface area contributed by atoms with Crippen molar-refractivity contribution in [2.24, 2.45) is 0 Å². The topological polar surface area (TPSA) is 81.7 Å². The summed E-state index contributed by atoms with van der Waals surface area (Å²) in [6, 6.07) is 10.8. The molecule has 0 amide bonds. The van der Waals surface area contributed by atoms with Crippen LogP contribution in [-0.4, -0.2) is 19.5 Å². The lowest BCUT2D eigenvalue weighted by Crippen LogP contribution is -2.10. The molecule has 2 heterocycles. The minimum Gasteiger partial charge on any atom is -0.381 e. The molecule has 4 rings (SSSR count). The van der Waals surface area contributed by atoms with E-state index in [1.54, 1.807) is 37.3 Å². The summed E-state index contributed by atoms with van der Waals surface area (Å²) < 4.78 is 29.7. The molecule has 6 nitrogen and oxygen atoms in total. The number of nitrogens with one attached hydrogen (secondary N) is 1. The van der Waals surface area contributed by atoms with E-state index in [9.17, 15) is 8.78 Å². The quantitative estimate of drug-likeness (QED) is 0.546. The fourth-order valence-electron chi connectivity index (χ4n) is 2.73. The molecule has 0 fully saturated rings. The van der Waals surface area contributed by atoms with Crippen LogP contribution in [0.15, 0.2) is 42.5 Å². The van der Waals surface area contributed by atoms with E-state index in [0.717, 1.165) is 0 Å². The average molecular weight is 387 g/mol. The molecule has 0 bridgehead atoms. The van der Waals surface area contributed by atoms with Crippen molar-refractivity contribution < 1.29 is 8.78 Å². The molecule has 0 radical (unpaired) electrons. The maximum atomic E-state index is 14.4. The highest BCUT2D eigenvalue weighted by Crippen LogP contribution is 2.26. The van der Waals surface area contributed by atoms with Crippen molar-refractivity contribution in [2.45, 2.75) is 6.92 Å². The van der Waals surface area contributed by atoms with Crippen molar-refractivity contribution in [1.82, 2.24) is 19.5 Å². The van der Waals surface area contributed by atoms with Gasteiger partial charge in [0.05, 0.1) is 11.0 Å². The van der Waals surface area contributed by atoms with Gasteiger partial charge in [-0.3, -0.25) is 4.57 Å². The summed E-state index contributed by atoms with van der Waals surface area (Å²) in [5, 5.41) is 3.40. The van der Waals surface area contributed by atoms with Gasteiger partial charge in [0.1, 0.15) is 11.6 Å². The first kappa shape index (κ1) is 17.2. The minimum absolute atomic E-state index is 0.0796. The third-order valence-corrected chi connectivity index (χ3v) is 4.21.